The number of hydrogen-bond donors (Lipinski definition) is 0. The van der Waals surface area contributed by atoms with Crippen LogP contribution in [0.15, 0.2) is 0 Å². The molecule has 4 heavy (non-hydrogen) atoms. The Morgan fingerprint density at radius 1 is 1.25 bits per heavy atom. The maximum atomic E-state index is 8.54. The van der Waals surface area contributed by atoms with Crippen molar-refractivity contribution in [3.63, 3.8) is 0 Å². The van der Waals surface area contributed by atoms with Crippen LogP contribution in [-0.2, 0) is 25.6 Å². The first-order valence-electron chi connectivity index (χ1n) is 0.408. The third-order valence-corrected chi connectivity index (χ3v) is 0. The topological polar surface area (TPSA) is 34.1 Å². The van der Waals surface area contributed by atoms with E-state index in [-0.39, 0.29) is 19.5 Å². The molecular formula is O2RuSn. The van der Waals surface area contributed by atoms with Crippen LogP contribution in [0.1, 0.15) is 0 Å². The van der Waals surface area contributed by atoms with Gasteiger partial charge in [0.25, 0.3) is 0 Å². The van der Waals surface area contributed by atoms with Gasteiger partial charge < -0.3 is 0 Å². The van der Waals surface area contributed by atoms with Crippen molar-refractivity contribution in [3.8, 4) is 0 Å². The van der Waals surface area contributed by atoms with Crippen LogP contribution in [0.25, 0.3) is 0 Å². The quantitative estimate of drug-likeness (QED) is 0.538. The normalized spacial score (nSPS) is 2.00. The Morgan fingerprint density at radius 2 is 1.25 bits per heavy atom. The van der Waals surface area contributed by atoms with Crippen LogP contribution in [0.5, 0.6) is 0 Å². The Hall–Kier alpha value is 1.02. The first-order chi connectivity index (χ1) is 1.41. The molecule has 0 rings (SSSR count). The predicted octanol–water partition coefficient (Wildman–Crippen LogP) is -0.621. The Labute approximate surface area is 46.7 Å². The second kappa shape index (κ2) is 8.98. The first kappa shape index (κ1) is 8.90. The summed E-state index contributed by atoms with van der Waals surface area (Å²) in [5, 5.41) is 0. The third-order valence-electron chi connectivity index (χ3n) is 0. The molecule has 0 radical (unpaired) electrons. The molecule has 0 aliphatic rings. The van der Waals surface area contributed by atoms with Crippen LogP contribution >= 0.6 is 0 Å². The molecule has 0 N–H and O–H groups in total. The monoisotopic (exact) mass is 254 g/mol. The van der Waals surface area contributed by atoms with E-state index in [1.165, 1.54) is 0 Å². The second-order valence-corrected chi connectivity index (χ2v) is 0.559. The maximum Gasteiger partial charge on any atom is 0 e. The molecule has 0 aromatic carbocycles. The Balaban J connectivity index is 0. The van der Waals surface area contributed by atoms with Gasteiger partial charge in [-0.2, -0.15) is 0 Å². The van der Waals surface area contributed by atoms with Crippen LogP contribution in [0, 0.1) is 0 Å². The van der Waals surface area contributed by atoms with Crippen LogP contribution in [0.3, 0.4) is 0 Å². The summed E-state index contributed by atoms with van der Waals surface area (Å²) < 4.78 is 17.1. The molecule has 0 fully saturated rings. The molecule has 0 spiro atoms. The van der Waals surface area contributed by atoms with Crippen molar-refractivity contribution in [1.82, 2.24) is 0 Å². The minimum Gasteiger partial charge on any atom is 0 e. The average Bonchev–Trinajstić information content (AvgIpc) is 0.918. The number of rotatable bonds is 0. The molecule has 0 saturated carbocycles. The van der Waals surface area contributed by atoms with Crippen molar-refractivity contribution in [1.29, 1.82) is 0 Å². The average molecular weight is 252 g/mol. The predicted molar refractivity (Wildman–Crippen MR) is 7.13 cm³/mol. The van der Waals surface area contributed by atoms with Gasteiger partial charge in [-0.25, -0.2) is 0 Å². The van der Waals surface area contributed by atoms with E-state index in [4.69, 9.17) is 6.15 Å². The van der Waals surface area contributed by atoms with E-state index in [1.54, 1.807) is 0 Å². The van der Waals surface area contributed by atoms with Gasteiger partial charge in [0, 0.05) is 19.5 Å². The van der Waals surface area contributed by atoms with Gasteiger partial charge in [-0.1, -0.05) is 0 Å². The smallest absolute Gasteiger partial charge is 0 e. The van der Waals surface area contributed by atoms with Crippen molar-refractivity contribution in [2.75, 3.05) is 0 Å². The van der Waals surface area contributed by atoms with E-state index in [0.29, 0.717) is 0 Å². The standard InChI is InChI=1S/2O.Ru.Sn. The molecule has 0 atom stereocenters. The summed E-state index contributed by atoms with van der Waals surface area (Å²) >= 11 is -2.27. The fourth-order valence-corrected chi connectivity index (χ4v) is 0. The molecular weight excluding hydrogens is 252 g/mol. The molecule has 2 nitrogen and oxygen atoms in total. The third kappa shape index (κ3) is 11.8. The van der Waals surface area contributed by atoms with Crippen molar-refractivity contribution in [2.24, 2.45) is 0 Å². The van der Waals surface area contributed by atoms with E-state index in [2.05, 4.69) is 0 Å². The molecule has 0 aromatic heterocycles. The summed E-state index contributed by atoms with van der Waals surface area (Å²) in [6, 6.07) is 0. The van der Waals surface area contributed by atoms with Crippen LogP contribution in [0.2, 0.25) is 0 Å². The minimum absolute atomic E-state index is 0. The Morgan fingerprint density at radius 3 is 1.25 bits per heavy atom. The van der Waals surface area contributed by atoms with E-state index in [1.807, 2.05) is 0 Å². The fourth-order valence-electron chi connectivity index (χ4n) is 0. The first-order valence-corrected chi connectivity index (χ1v) is 2.74. The van der Waals surface area contributed by atoms with Crippen LogP contribution < -0.4 is 0 Å². The molecule has 0 aliphatic carbocycles. The summed E-state index contributed by atoms with van der Waals surface area (Å²) in [5.41, 5.74) is 0. The molecule has 0 aliphatic heterocycles. The van der Waals surface area contributed by atoms with Crippen molar-refractivity contribution < 1.29 is 25.6 Å². The van der Waals surface area contributed by atoms with Crippen LogP contribution in [-0.4, -0.2) is 21.1 Å². The van der Waals surface area contributed by atoms with Crippen molar-refractivity contribution in [3.05, 3.63) is 0 Å². The van der Waals surface area contributed by atoms with Gasteiger partial charge in [-0.05, 0) is 0 Å². The molecule has 0 unspecified atom stereocenters. The van der Waals surface area contributed by atoms with Gasteiger partial charge in [-0.3, -0.25) is 0 Å². The van der Waals surface area contributed by atoms with Gasteiger partial charge in [0.1, 0.15) is 0 Å². The zero-order chi connectivity index (χ0) is 2.71. The van der Waals surface area contributed by atoms with Gasteiger partial charge in [0.05, 0.1) is 0 Å². The number of hydrogen-bond acceptors (Lipinski definition) is 2. The van der Waals surface area contributed by atoms with Gasteiger partial charge in [0.2, 0.25) is 0 Å². The van der Waals surface area contributed by atoms with E-state index < -0.39 is 21.1 Å². The van der Waals surface area contributed by atoms with Crippen LogP contribution in [0.4, 0.5) is 0 Å². The molecule has 0 aromatic rings. The SMILES string of the molecule is [O]=[Sn]=[O].[Ru]. The van der Waals surface area contributed by atoms with E-state index in [0.717, 1.165) is 0 Å². The molecule has 0 heterocycles. The molecule has 4 heteroatoms. The Bertz CT molecular complexity index is 27.0. The van der Waals surface area contributed by atoms with Gasteiger partial charge in [-0.15, -0.1) is 0 Å². The summed E-state index contributed by atoms with van der Waals surface area (Å²) in [5.74, 6) is 0. The van der Waals surface area contributed by atoms with Gasteiger partial charge in [0.15, 0.2) is 0 Å². The maximum absolute atomic E-state index is 8.54. The second-order valence-electron chi connectivity index (χ2n) is 0.0833. The zero-order valence-electron chi connectivity index (χ0n) is 1.67. The van der Waals surface area contributed by atoms with E-state index >= 15 is 0 Å². The molecule has 0 bridgehead atoms. The molecule has 0 amide bonds. The minimum atomic E-state index is -2.27. The summed E-state index contributed by atoms with van der Waals surface area (Å²) in [6.07, 6.45) is 0. The fraction of sp³-hybridized carbons (Fsp3) is 0. The largest absolute Gasteiger partial charge is 0 e. The summed E-state index contributed by atoms with van der Waals surface area (Å²) in [7, 11) is 0. The molecule has 24 valence electrons. The summed E-state index contributed by atoms with van der Waals surface area (Å²) in [6.45, 7) is 0. The van der Waals surface area contributed by atoms with Crippen molar-refractivity contribution in [2.45, 2.75) is 0 Å². The zero-order valence-corrected chi connectivity index (χ0v) is 6.26. The molecule has 0 saturated heterocycles. The van der Waals surface area contributed by atoms with Crippen molar-refractivity contribution >= 4 is 21.1 Å². The summed E-state index contributed by atoms with van der Waals surface area (Å²) in [4.78, 5) is 0. The van der Waals surface area contributed by atoms with E-state index in [9.17, 15) is 0 Å². The van der Waals surface area contributed by atoms with Gasteiger partial charge >= 0.3 is 27.3 Å². The Kier molecular flexibility index (Phi) is 20.0.